The zero-order valence-electron chi connectivity index (χ0n) is 14.2. The summed E-state index contributed by atoms with van der Waals surface area (Å²) in [5.74, 6) is 1.21. The molecule has 0 fully saturated rings. The summed E-state index contributed by atoms with van der Waals surface area (Å²) in [6.45, 7) is 0.148. The van der Waals surface area contributed by atoms with E-state index in [4.69, 9.17) is 9.47 Å². The number of ether oxygens (including phenoxy) is 2. The zero-order chi connectivity index (χ0) is 19.1. The zero-order valence-corrected chi connectivity index (χ0v) is 15.1. The number of benzene rings is 1. The third-order valence-electron chi connectivity index (χ3n) is 4.12. The number of aromatic nitrogens is 2. The van der Waals surface area contributed by atoms with Gasteiger partial charge in [0.2, 0.25) is 12.7 Å². The number of pyridine rings is 1. The monoisotopic (exact) mass is 392 g/mol. The van der Waals surface area contributed by atoms with Crippen LogP contribution in [-0.2, 0) is 4.79 Å². The second-order valence-corrected chi connectivity index (χ2v) is 7.00. The Bertz CT molecular complexity index is 1250. The van der Waals surface area contributed by atoms with Gasteiger partial charge in [-0.3, -0.25) is 4.79 Å². The Morgan fingerprint density at radius 3 is 2.89 bits per heavy atom. The molecule has 0 spiro atoms. The van der Waals surface area contributed by atoms with Crippen LogP contribution in [0.1, 0.15) is 4.88 Å². The molecule has 0 radical (unpaired) electrons. The number of aromatic hydroxyl groups is 1. The number of carbonyl (C=O) groups is 1. The molecule has 9 heteroatoms. The number of rotatable bonds is 3. The van der Waals surface area contributed by atoms with E-state index in [-0.39, 0.29) is 12.7 Å². The highest BCUT2D eigenvalue weighted by atomic mass is 32.1. The van der Waals surface area contributed by atoms with Gasteiger partial charge in [-0.2, -0.15) is 4.98 Å². The minimum Gasteiger partial charge on any atom is -0.492 e. The van der Waals surface area contributed by atoms with Crippen molar-refractivity contribution in [2.24, 2.45) is 4.99 Å². The van der Waals surface area contributed by atoms with Crippen LogP contribution < -0.4 is 25.4 Å². The lowest BCUT2D eigenvalue weighted by Gasteiger charge is -2.04. The molecule has 0 saturated carbocycles. The van der Waals surface area contributed by atoms with Gasteiger partial charge in [-0.25, -0.2) is 9.98 Å². The van der Waals surface area contributed by atoms with E-state index < -0.39 is 5.91 Å². The summed E-state index contributed by atoms with van der Waals surface area (Å²) in [5, 5.41) is 14.9. The molecule has 1 amide bonds. The van der Waals surface area contributed by atoms with Gasteiger partial charge >= 0.3 is 0 Å². The molecule has 8 nitrogen and oxygen atoms in total. The molecule has 1 aromatic carbocycles. The van der Waals surface area contributed by atoms with Crippen molar-refractivity contribution < 1.29 is 19.4 Å². The molecule has 3 aromatic rings. The molecular formula is C19H12N4O4S. The Labute approximate surface area is 162 Å². The average molecular weight is 392 g/mol. The Morgan fingerprint density at radius 1 is 1.21 bits per heavy atom. The molecule has 0 bridgehead atoms. The lowest BCUT2D eigenvalue weighted by atomic mass is 10.1. The summed E-state index contributed by atoms with van der Waals surface area (Å²) >= 11 is 1.20. The van der Waals surface area contributed by atoms with Crippen molar-refractivity contribution in [1.82, 2.24) is 9.97 Å². The number of hydrogen-bond donors (Lipinski definition) is 2. The fourth-order valence-electron chi connectivity index (χ4n) is 2.82. The van der Waals surface area contributed by atoms with Gasteiger partial charge < -0.3 is 19.9 Å². The van der Waals surface area contributed by atoms with E-state index in [0.717, 1.165) is 5.22 Å². The molecule has 0 aliphatic carbocycles. The summed E-state index contributed by atoms with van der Waals surface area (Å²) in [4.78, 5) is 25.2. The van der Waals surface area contributed by atoms with Gasteiger partial charge in [-0.15, -0.1) is 0 Å². The number of hydrogen-bond acceptors (Lipinski definition) is 8. The first-order chi connectivity index (χ1) is 13.7. The van der Waals surface area contributed by atoms with E-state index in [1.807, 2.05) is 6.07 Å². The summed E-state index contributed by atoms with van der Waals surface area (Å²) in [5.41, 5.74) is 0.342. The van der Waals surface area contributed by atoms with Crippen molar-refractivity contribution in [3.8, 4) is 17.4 Å². The van der Waals surface area contributed by atoms with Crippen molar-refractivity contribution in [3.05, 3.63) is 57.6 Å². The molecule has 2 aromatic heterocycles. The summed E-state index contributed by atoms with van der Waals surface area (Å²) in [6.07, 6.45) is 4.92. The first-order valence-electron chi connectivity index (χ1n) is 8.30. The Balaban J connectivity index is 1.50. The van der Waals surface area contributed by atoms with Crippen molar-refractivity contribution in [3.63, 3.8) is 0 Å². The van der Waals surface area contributed by atoms with Crippen LogP contribution in [0.3, 0.4) is 0 Å². The number of carbonyl (C=O) groups excluding carboxylic acids is 1. The average Bonchev–Trinajstić information content (AvgIpc) is 3.27. The number of amides is 1. The van der Waals surface area contributed by atoms with E-state index in [9.17, 15) is 9.90 Å². The Morgan fingerprint density at radius 2 is 2.07 bits per heavy atom. The van der Waals surface area contributed by atoms with Crippen LogP contribution in [0.2, 0.25) is 0 Å². The van der Waals surface area contributed by atoms with E-state index in [0.29, 0.717) is 38.3 Å². The fraction of sp³-hybridized carbons (Fsp3) is 0.0526. The van der Waals surface area contributed by atoms with Gasteiger partial charge in [0.25, 0.3) is 5.91 Å². The lowest BCUT2D eigenvalue weighted by molar-refractivity contribution is -0.114. The van der Waals surface area contributed by atoms with Crippen molar-refractivity contribution in [1.29, 1.82) is 0 Å². The number of fused-ring (bicyclic) bond motifs is 2. The summed E-state index contributed by atoms with van der Waals surface area (Å²) in [6, 6.07) is 8.89. The van der Waals surface area contributed by atoms with Crippen LogP contribution in [0.4, 0.5) is 10.9 Å². The van der Waals surface area contributed by atoms with Gasteiger partial charge in [0.05, 0.1) is 10.2 Å². The van der Waals surface area contributed by atoms with Gasteiger partial charge in [0.1, 0.15) is 5.82 Å². The maximum absolute atomic E-state index is 12.4. The quantitative estimate of drug-likeness (QED) is 0.654. The first kappa shape index (κ1) is 16.5. The number of thiazole rings is 1. The van der Waals surface area contributed by atoms with Gasteiger partial charge in [0, 0.05) is 23.1 Å². The van der Waals surface area contributed by atoms with Crippen LogP contribution in [0.5, 0.6) is 17.4 Å². The Kier molecular flexibility index (Phi) is 3.80. The molecule has 2 N–H and O–H groups in total. The third-order valence-corrected chi connectivity index (χ3v) is 5.03. The maximum Gasteiger partial charge on any atom is 0.277 e. The van der Waals surface area contributed by atoms with Crippen molar-refractivity contribution in [2.45, 2.75) is 0 Å². The van der Waals surface area contributed by atoms with Gasteiger partial charge in [-0.1, -0.05) is 17.4 Å². The van der Waals surface area contributed by atoms with E-state index in [1.165, 1.54) is 11.3 Å². The normalized spacial score (nSPS) is 15.7. The molecule has 4 heterocycles. The highest BCUT2D eigenvalue weighted by molar-refractivity contribution is 7.16. The fourth-order valence-corrected chi connectivity index (χ4v) is 3.64. The largest absolute Gasteiger partial charge is 0.492 e. The highest BCUT2D eigenvalue weighted by Gasteiger charge is 2.18. The van der Waals surface area contributed by atoms with Crippen LogP contribution in [0, 0.1) is 0 Å². The molecule has 28 heavy (non-hydrogen) atoms. The van der Waals surface area contributed by atoms with Gasteiger partial charge in [-0.05, 0) is 30.4 Å². The van der Waals surface area contributed by atoms with Crippen LogP contribution in [0.25, 0.3) is 12.2 Å². The van der Waals surface area contributed by atoms with Crippen molar-refractivity contribution in [2.75, 3.05) is 12.1 Å². The van der Waals surface area contributed by atoms with Crippen LogP contribution >= 0.6 is 11.3 Å². The molecular weight excluding hydrogens is 380 g/mol. The predicted molar refractivity (Wildman–Crippen MR) is 102 cm³/mol. The van der Waals surface area contributed by atoms with Gasteiger partial charge in [0.15, 0.2) is 16.6 Å². The smallest absolute Gasteiger partial charge is 0.277 e. The van der Waals surface area contributed by atoms with E-state index in [2.05, 4.69) is 20.3 Å². The van der Waals surface area contributed by atoms with E-state index in [1.54, 1.807) is 42.6 Å². The molecule has 138 valence electrons. The van der Waals surface area contributed by atoms with Crippen molar-refractivity contribution >= 4 is 40.3 Å². The van der Waals surface area contributed by atoms with Crippen LogP contribution in [-0.4, -0.2) is 27.8 Å². The molecule has 2 aliphatic rings. The number of nitrogens with one attached hydrogen (secondary N) is 1. The number of nitrogens with zero attached hydrogens (tertiary/aromatic N) is 3. The standard InChI is InChI=1S/C19H12N4O4S/c24-17-11(5-10-6-13-14(27-9-26-13)8-12(10)21-17)7-15-18(25)23-19(28-15)22-16-3-1-2-4-20-16/h1-8,25H,9H2,(H,20,22,23)/b11-7+. The molecule has 0 unspecified atom stereocenters. The maximum atomic E-state index is 12.4. The number of anilines is 2. The lowest BCUT2D eigenvalue weighted by Crippen LogP contribution is -2.30. The predicted octanol–water partition coefficient (Wildman–Crippen LogP) is 1.74. The second kappa shape index (κ2) is 6.46. The molecule has 5 rings (SSSR count). The summed E-state index contributed by atoms with van der Waals surface area (Å²) in [7, 11) is 0. The Hall–Kier alpha value is -3.72. The molecule has 0 atom stereocenters. The molecule has 2 aliphatic heterocycles. The topological polar surface area (TPSA) is 106 Å². The SMILES string of the molecule is O=C1N=c2cc3c(cc2=C/C1=C\c1sc(Nc2ccccn2)nc1O)OCO3. The minimum atomic E-state index is -0.404. The second-order valence-electron chi connectivity index (χ2n) is 5.97. The molecule has 0 saturated heterocycles. The first-order valence-corrected chi connectivity index (χ1v) is 9.11. The minimum absolute atomic E-state index is 0.148. The summed E-state index contributed by atoms with van der Waals surface area (Å²) < 4.78 is 10.7. The highest BCUT2D eigenvalue weighted by Crippen LogP contribution is 2.32. The van der Waals surface area contributed by atoms with Crippen LogP contribution in [0.15, 0.2) is 47.1 Å². The van der Waals surface area contributed by atoms with E-state index >= 15 is 0 Å². The third kappa shape index (κ3) is 2.97.